The molecule has 0 aromatic rings. The van der Waals surface area contributed by atoms with Gasteiger partial charge in [0.15, 0.2) is 0 Å². The molecule has 0 amide bonds. The standard InChI is InChI=1S/C22H46.C11H25N2O2.ClH/c1-3-5-7-9-11-13-15-17-19-21-22-20-18-16-14-12-10-8-6-4-2;1-5-7-13(3,4)11(9(12)6-2)10(15)8-14;/h3-22H2,1-2H3;5,9-11,14-15H,1,6-8,12H2,2-4H3;1H/q;+1;/p-1. The molecule has 0 aliphatic rings. The molecule has 0 aromatic carbocycles. The van der Waals surface area contributed by atoms with Crippen LogP contribution in [0.5, 0.6) is 0 Å². The third kappa shape index (κ3) is 26.1. The Morgan fingerprint density at radius 1 is 0.658 bits per heavy atom. The molecular formula is C33H71ClN2O2. The van der Waals surface area contributed by atoms with Gasteiger partial charge in [0.2, 0.25) is 0 Å². The van der Waals surface area contributed by atoms with Gasteiger partial charge in [-0.3, -0.25) is 0 Å². The molecule has 3 unspecified atom stereocenters. The van der Waals surface area contributed by atoms with E-state index in [2.05, 4.69) is 20.4 Å². The number of nitrogens with zero attached hydrogens (tertiary/aromatic N) is 1. The minimum Gasteiger partial charge on any atom is -1.00 e. The van der Waals surface area contributed by atoms with Crippen LogP contribution in [-0.2, 0) is 0 Å². The Morgan fingerprint density at radius 3 is 1.16 bits per heavy atom. The second-order valence-corrected chi connectivity index (χ2v) is 11.9. The largest absolute Gasteiger partial charge is 1.00 e. The maximum atomic E-state index is 9.80. The van der Waals surface area contributed by atoms with Gasteiger partial charge in [-0.05, 0) is 12.5 Å². The van der Waals surface area contributed by atoms with E-state index in [1.165, 1.54) is 128 Å². The molecular weight excluding hydrogens is 492 g/mol. The van der Waals surface area contributed by atoms with Crippen LogP contribution in [0.3, 0.4) is 0 Å². The summed E-state index contributed by atoms with van der Waals surface area (Å²) in [6, 6.07) is -0.292. The zero-order chi connectivity index (χ0) is 28.2. The number of unbranched alkanes of at least 4 members (excludes halogenated alkanes) is 19. The number of quaternary nitrogens is 1. The summed E-state index contributed by atoms with van der Waals surface area (Å²) in [6.45, 7) is 10.7. The van der Waals surface area contributed by atoms with Crippen molar-refractivity contribution >= 4 is 0 Å². The Bertz CT molecular complexity index is 432. The number of hydrogen-bond donors (Lipinski definition) is 3. The normalized spacial score (nSPS) is 13.7. The molecule has 0 aromatic heterocycles. The number of rotatable bonds is 26. The minimum atomic E-state index is -0.783. The van der Waals surface area contributed by atoms with E-state index in [4.69, 9.17) is 10.8 Å². The fourth-order valence-electron chi connectivity index (χ4n) is 5.40. The maximum absolute atomic E-state index is 9.80. The Morgan fingerprint density at radius 2 is 0.947 bits per heavy atom. The highest BCUT2D eigenvalue weighted by Crippen LogP contribution is 2.17. The average Bonchev–Trinajstić information content (AvgIpc) is 2.88. The zero-order valence-corrected chi connectivity index (χ0v) is 27.3. The first-order valence-electron chi connectivity index (χ1n) is 16.3. The smallest absolute Gasteiger partial charge is 0.133 e. The monoisotopic (exact) mass is 563 g/mol. The van der Waals surface area contributed by atoms with Crippen molar-refractivity contribution in [3.8, 4) is 0 Å². The third-order valence-corrected chi connectivity index (χ3v) is 7.86. The molecule has 0 radical (unpaired) electrons. The average molecular weight is 563 g/mol. The van der Waals surface area contributed by atoms with Crippen LogP contribution < -0.4 is 18.1 Å². The van der Waals surface area contributed by atoms with E-state index in [1.54, 1.807) is 6.08 Å². The van der Waals surface area contributed by atoms with Crippen LogP contribution in [0, 0.1) is 0 Å². The lowest BCUT2D eigenvalue weighted by molar-refractivity contribution is -0.914. The van der Waals surface area contributed by atoms with Gasteiger partial charge in [-0.15, -0.1) is 0 Å². The van der Waals surface area contributed by atoms with E-state index in [9.17, 15) is 5.11 Å². The fraction of sp³-hybridized carbons (Fsp3) is 0.939. The lowest BCUT2D eigenvalue weighted by Crippen LogP contribution is -3.00. The van der Waals surface area contributed by atoms with Gasteiger partial charge in [0.25, 0.3) is 0 Å². The quantitative estimate of drug-likeness (QED) is 0.0736. The molecule has 0 heterocycles. The van der Waals surface area contributed by atoms with E-state index in [0.29, 0.717) is 4.48 Å². The number of halogens is 1. The topological polar surface area (TPSA) is 66.5 Å². The van der Waals surface area contributed by atoms with Gasteiger partial charge in [-0.25, -0.2) is 0 Å². The first-order valence-corrected chi connectivity index (χ1v) is 16.3. The first-order chi connectivity index (χ1) is 17.8. The van der Waals surface area contributed by atoms with Gasteiger partial charge in [0.1, 0.15) is 12.1 Å². The first kappa shape index (κ1) is 42.3. The summed E-state index contributed by atoms with van der Waals surface area (Å²) in [5, 5.41) is 18.8. The van der Waals surface area contributed by atoms with Crippen molar-refractivity contribution in [1.29, 1.82) is 0 Å². The van der Waals surface area contributed by atoms with Crippen molar-refractivity contribution in [3.05, 3.63) is 12.7 Å². The van der Waals surface area contributed by atoms with Crippen LogP contribution in [0.2, 0.25) is 0 Å². The summed E-state index contributed by atoms with van der Waals surface area (Å²) in [6.07, 6.45) is 31.2. The molecule has 38 heavy (non-hydrogen) atoms. The van der Waals surface area contributed by atoms with E-state index in [1.807, 2.05) is 21.0 Å². The summed E-state index contributed by atoms with van der Waals surface area (Å²) in [7, 11) is 3.97. The molecule has 3 atom stereocenters. The van der Waals surface area contributed by atoms with E-state index < -0.39 is 6.10 Å². The molecule has 4 N–H and O–H groups in total. The molecule has 0 spiro atoms. The summed E-state index contributed by atoms with van der Waals surface area (Å²) in [4.78, 5) is 0. The van der Waals surface area contributed by atoms with Crippen LogP contribution in [0.1, 0.15) is 156 Å². The summed E-state index contributed by atoms with van der Waals surface area (Å²) < 4.78 is 0.542. The van der Waals surface area contributed by atoms with Crippen molar-refractivity contribution < 1.29 is 27.1 Å². The maximum Gasteiger partial charge on any atom is 0.133 e. The third-order valence-electron chi connectivity index (χ3n) is 7.86. The Hall–Kier alpha value is -0.130. The summed E-state index contributed by atoms with van der Waals surface area (Å²) in [5.74, 6) is 0. The van der Waals surface area contributed by atoms with Crippen molar-refractivity contribution in [2.75, 3.05) is 27.2 Å². The van der Waals surface area contributed by atoms with E-state index in [-0.39, 0.29) is 31.1 Å². The fourth-order valence-corrected chi connectivity index (χ4v) is 5.40. The highest BCUT2D eigenvalue weighted by atomic mass is 35.5. The van der Waals surface area contributed by atoms with Crippen molar-refractivity contribution in [2.24, 2.45) is 5.73 Å². The summed E-state index contributed by atoms with van der Waals surface area (Å²) in [5.41, 5.74) is 5.99. The predicted octanol–water partition coefficient (Wildman–Crippen LogP) is 5.54. The highest BCUT2D eigenvalue weighted by Gasteiger charge is 2.37. The second kappa shape index (κ2) is 31.4. The highest BCUT2D eigenvalue weighted by molar-refractivity contribution is 4.81. The number of aliphatic hydroxyl groups excluding tert-OH is 2. The van der Waals surface area contributed by atoms with Gasteiger partial charge in [0, 0.05) is 0 Å². The lowest BCUT2D eigenvalue weighted by Gasteiger charge is -2.42. The molecule has 4 nitrogen and oxygen atoms in total. The Labute approximate surface area is 246 Å². The van der Waals surface area contributed by atoms with Crippen LogP contribution in [0.25, 0.3) is 0 Å². The van der Waals surface area contributed by atoms with Gasteiger partial charge in [0.05, 0.1) is 33.3 Å². The van der Waals surface area contributed by atoms with Crippen molar-refractivity contribution in [3.63, 3.8) is 0 Å². The Balaban J connectivity index is -0.000000672. The Kier molecular flexibility index (Phi) is 35.0. The minimum absolute atomic E-state index is 0. The molecule has 232 valence electrons. The number of likely N-dealkylation sites (N-methyl/N-ethyl adjacent to an activating group) is 1. The molecule has 0 saturated carbocycles. The molecule has 0 fully saturated rings. The van der Waals surface area contributed by atoms with E-state index >= 15 is 0 Å². The summed E-state index contributed by atoms with van der Waals surface area (Å²) >= 11 is 0. The van der Waals surface area contributed by atoms with E-state index in [0.717, 1.165) is 13.0 Å². The lowest BCUT2D eigenvalue weighted by atomic mass is 9.97. The molecule has 5 heteroatoms. The number of aliphatic hydroxyl groups is 2. The molecule has 0 bridgehead atoms. The van der Waals surface area contributed by atoms with Crippen LogP contribution in [0.15, 0.2) is 12.7 Å². The van der Waals surface area contributed by atoms with Crippen LogP contribution in [-0.4, -0.2) is 60.1 Å². The van der Waals surface area contributed by atoms with Crippen LogP contribution >= 0.6 is 0 Å². The van der Waals surface area contributed by atoms with Crippen LogP contribution in [0.4, 0.5) is 0 Å². The van der Waals surface area contributed by atoms with Gasteiger partial charge < -0.3 is 32.8 Å². The number of nitrogens with two attached hydrogens (primary N) is 1. The number of hydrogen-bond acceptors (Lipinski definition) is 3. The molecule has 0 aliphatic carbocycles. The molecule has 0 rings (SSSR count). The van der Waals surface area contributed by atoms with Gasteiger partial charge in [-0.2, -0.15) is 0 Å². The van der Waals surface area contributed by atoms with Crippen molar-refractivity contribution in [1.82, 2.24) is 0 Å². The molecule has 0 saturated heterocycles. The second-order valence-electron chi connectivity index (χ2n) is 11.9. The van der Waals surface area contributed by atoms with Gasteiger partial charge >= 0.3 is 0 Å². The van der Waals surface area contributed by atoms with Gasteiger partial charge in [-0.1, -0.05) is 156 Å². The predicted molar refractivity (Wildman–Crippen MR) is 166 cm³/mol. The SMILES string of the molecule is C=CC[N+](C)(C)C(C(N)CC)C(O)CO.CCCCCCCCCCCCCCCCCCCCCC.[Cl-]. The molecule has 0 aliphatic heterocycles. The zero-order valence-electron chi connectivity index (χ0n) is 26.6. The van der Waals surface area contributed by atoms with Crippen molar-refractivity contribution in [2.45, 2.75) is 174 Å².